The van der Waals surface area contributed by atoms with Gasteiger partial charge < -0.3 is 32.7 Å². The van der Waals surface area contributed by atoms with Crippen LogP contribution in [0.25, 0.3) is 0 Å². The minimum Gasteiger partial charge on any atom is -0.822 e. The topological polar surface area (TPSA) is 86.2 Å². The van der Waals surface area contributed by atoms with Gasteiger partial charge in [-0.3, -0.25) is 0 Å². The smallest absolute Gasteiger partial charge is 0.0780 e. The maximum atomic E-state index is 8.55. The second kappa shape index (κ2) is 27.2. The molecule has 0 spiro atoms. The van der Waals surface area contributed by atoms with Gasteiger partial charge in [0.2, 0.25) is 0 Å². The molecule has 0 radical (unpaired) electrons. The van der Waals surface area contributed by atoms with Gasteiger partial charge in [0.05, 0.1) is 83.1 Å². The zero-order valence-corrected chi connectivity index (χ0v) is 29.0. The Kier molecular flexibility index (Phi) is 32.2. The fraction of sp³-hybridized carbons (Fsp3) is 1.00. The lowest BCUT2D eigenvalue weighted by Gasteiger charge is -2.36. The van der Waals surface area contributed by atoms with Crippen LogP contribution in [0, 0.1) is 0 Å². The molecular weight excluding hydrogens is 497 g/mol. The van der Waals surface area contributed by atoms with Gasteiger partial charge in [-0.1, -0.05) is 78.6 Å². The summed E-state index contributed by atoms with van der Waals surface area (Å²) in [5.41, 5.74) is 0. The first kappa shape index (κ1) is 45.0. The average molecular weight is 570 g/mol. The molecule has 0 N–H and O–H groups in total. The molecule has 0 bridgehead atoms. The van der Waals surface area contributed by atoms with Crippen molar-refractivity contribution in [2.24, 2.45) is 0 Å². The van der Waals surface area contributed by atoms with Crippen LogP contribution in [-0.4, -0.2) is 96.5 Å². The van der Waals surface area contributed by atoms with Crippen molar-refractivity contribution >= 4 is 7.82 Å². The zero-order valence-electron chi connectivity index (χ0n) is 28.1. The Bertz CT molecular complexity index is 442. The fourth-order valence-corrected chi connectivity index (χ4v) is 3.57. The minimum absolute atomic E-state index is 1.12. The van der Waals surface area contributed by atoms with E-state index in [1.54, 1.807) is 0 Å². The van der Waals surface area contributed by atoms with E-state index in [-0.39, 0.29) is 0 Å². The van der Waals surface area contributed by atoms with Gasteiger partial charge in [-0.15, -0.1) is 0 Å². The number of phosphoric acid groups is 1. The summed E-state index contributed by atoms with van der Waals surface area (Å²) < 4.78 is 11.9. The van der Waals surface area contributed by atoms with E-state index in [0.717, 1.165) is 13.4 Å². The quantitative estimate of drug-likeness (QED) is 0.130. The average Bonchev–Trinajstić information content (AvgIpc) is 2.71. The first-order chi connectivity index (χ1) is 17.2. The van der Waals surface area contributed by atoms with Gasteiger partial charge in [0.25, 0.3) is 0 Å². The van der Waals surface area contributed by atoms with Crippen molar-refractivity contribution < 1.29 is 32.7 Å². The Morgan fingerprint density at radius 1 is 0.395 bits per heavy atom. The van der Waals surface area contributed by atoms with E-state index in [4.69, 9.17) is 19.2 Å². The lowest BCUT2D eigenvalue weighted by atomic mass is 10.1. The minimum atomic E-state index is -5.39. The second-order valence-corrected chi connectivity index (χ2v) is 14.6. The molecule has 0 aliphatic carbocycles. The Morgan fingerprint density at radius 3 is 0.684 bits per heavy atom. The molecule has 0 aliphatic rings. The highest BCUT2D eigenvalue weighted by Gasteiger charge is 2.06. The molecule has 0 saturated heterocycles. The van der Waals surface area contributed by atoms with Crippen LogP contribution in [0.4, 0.5) is 0 Å². The third-order valence-corrected chi connectivity index (χ3v) is 5.80. The molecule has 0 rings (SSSR count). The van der Waals surface area contributed by atoms with E-state index < -0.39 is 7.82 Å². The number of unbranched alkanes of at least 4 members (excludes halogenated alkanes) is 12. The molecular formula is C30H72N3O4P. The predicted molar refractivity (Wildman–Crippen MR) is 163 cm³/mol. The van der Waals surface area contributed by atoms with Gasteiger partial charge in [-0.2, -0.15) is 7.82 Å². The lowest BCUT2D eigenvalue weighted by Crippen LogP contribution is -2.35. The molecule has 8 heteroatoms. The van der Waals surface area contributed by atoms with Crippen LogP contribution in [0.2, 0.25) is 0 Å². The third-order valence-electron chi connectivity index (χ3n) is 5.80. The van der Waals surface area contributed by atoms with Crippen LogP contribution in [-0.2, 0) is 4.57 Å². The molecule has 38 heavy (non-hydrogen) atoms. The number of hydrogen-bond acceptors (Lipinski definition) is 4. The molecule has 0 saturated carbocycles. The van der Waals surface area contributed by atoms with Crippen molar-refractivity contribution in [2.75, 3.05) is 83.1 Å². The van der Waals surface area contributed by atoms with Crippen LogP contribution < -0.4 is 14.7 Å². The van der Waals surface area contributed by atoms with Crippen molar-refractivity contribution in [1.82, 2.24) is 0 Å². The summed E-state index contributed by atoms with van der Waals surface area (Å²) in [5, 5.41) is 0. The number of rotatable bonds is 18. The Morgan fingerprint density at radius 2 is 0.553 bits per heavy atom. The number of quaternary nitrogens is 3. The molecule has 0 aromatic heterocycles. The Labute approximate surface area is 240 Å². The van der Waals surface area contributed by atoms with Crippen LogP contribution in [0.3, 0.4) is 0 Å². The first-order valence-corrected chi connectivity index (χ1v) is 16.8. The maximum absolute atomic E-state index is 8.55. The Hall–Kier alpha value is -0.0100. The van der Waals surface area contributed by atoms with E-state index in [1.807, 2.05) is 0 Å². The SMILES string of the molecule is CCCCCCC[N+](C)(C)C.CCCCCCC[N+](C)(C)C.CCCCCCC[N+](C)(C)C.O=P([O-])([O-])[O-]. The van der Waals surface area contributed by atoms with Gasteiger partial charge in [0.15, 0.2) is 0 Å². The van der Waals surface area contributed by atoms with E-state index in [0.29, 0.717) is 0 Å². The van der Waals surface area contributed by atoms with Crippen LogP contribution in [0.1, 0.15) is 117 Å². The van der Waals surface area contributed by atoms with E-state index in [1.165, 1.54) is 116 Å². The second-order valence-electron chi connectivity index (χ2n) is 13.7. The summed E-state index contributed by atoms with van der Waals surface area (Å²) in [6.07, 6.45) is 21.0. The number of nitrogens with zero attached hydrogens (tertiary/aromatic N) is 3. The van der Waals surface area contributed by atoms with Gasteiger partial charge >= 0.3 is 0 Å². The summed E-state index contributed by atoms with van der Waals surface area (Å²) in [6, 6.07) is 0. The van der Waals surface area contributed by atoms with Crippen LogP contribution in [0.15, 0.2) is 0 Å². The van der Waals surface area contributed by atoms with E-state index in [2.05, 4.69) is 84.2 Å². The zero-order chi connectivity index (χ0) is 30.7. The lowest BCUT2D eigenvalue weighted by molar-refractivity contribution is -0.870. The van der Waals surface area contributed by atoms with Crippen molar-refractivity contribution in [3.8, 4) is 0 Å². The molecule has 7 nitrogen and oxygen atoms in total. The van der Waals surface area contributed by atoms with Gasteiger partial charge in [0.1, 0.15) is 0 Å². The first-order valence-electron chi connectivity index (χ1n) is 15.3. The molecule has 0 amide bonds. The van der Waals surface area contributed by atoms with Gasteiger partial charge in [0, 0.05) is 0 Å². The largest absolute Gasteiger partial charge is 0.822 e. The molecule has 0 aromatic rings. The monoisotopic (exact) mass is 570 g/mol. The molecule has 0 aliphatic heterocycles. The predicted octanol–water partition coefficient (Wildman–Crippen LogP) is 5.16. The van der Waals surface area contributed by atoms with E-state index >= 15 is 0 Å². The number of hydrogen-bond donors (Lipinski definition) is 0. The van der Waals surface area contributed by atoms with E-state index in [9.17, 15) is 0 Å². The molecule has 0 heterocycles. The molecule has 0 unspecified atom stereocenters. The highest BCUT2D eigenvalue weighted by atomic mass is 31.2. The van der Waals surface area contributed by atoms with Crippen molar-refractivity contribution in [1.29, 1.82) is 0 Å². The van der Waals surface area contributed by atoms with Crippen molar-refractivity contribution in [3.05, 3.63) is 0 Å². The summed E-state index contributed by atoms with van der Waals surface area (Å²) in [7, 11) is 15.0. The summed E-state index contributed by atoms with van der Waals surface area (Å²) in [6.45, 7) is 10.8. The highest BCUT2D eigenvalue weighted by molar-refractivity contribution is 7.40. The maximum Gasteiger partial charge on any atom is 0.0780 e. The molecule has 236 valence electrons. The van der Waals surface area contributed by atoms with Crippen molar-refractivity contribution in [3.63, 3.8) is 0 Å². The van der Waals surface area contributed by atoms with Gasteiger partial charge in [-0.05, 0) is 38.5 Å². The standard InChI is InChI=1S/3C10H24N.H3O4P/c3*1-5-6-7-8-9-10-11(2,3)4;1-5(2,3)4/h3*5-10H2,1-4H3;(H3,1,2,3,4)/q3*+1;/p-3. The fourth-order valence-electron chi connectivity index (χ4n) is 3.57. The molecule has 0 atom stereocenters. The summed E-state index contributed by atoms with van der Waals surface area (Å²) in [5.74, 6) is 0. The van der Waals surface area contributed by atoms with Crippen molar-refractivity contribution in [2.45, 2.75) is 117 Å². The summed E-state index contributed by atoms with van der Waals surface area (Å²) in [4.78, 5) is 25.6. The van der Waals surface area contributed by atoms with Crippen LogP contribution in [0.5, 0.6) is 0 Å². The Balaban J connectivity index is -0.000000209. The van der Waals surface area contributed by atoms with Gasteiger partial charge in [-0.25, -0.2) is 0 Å². The third kappa shape index (κ3) is 76.6. The molecule has 0 fully saturated rings. The normalized spacial score (nSPS) is 12.0. The molecule has 0 aromatic carbocycles. The highest BCUT2D eigenvalue weighted by Crippen LogP contribution is 2.06. The summed E-state index contributed by atoms with van der Waals surface area (Å²) >= 11 is 0. The van der Waals surface area contributed by atoms with Crippen LogP contribution >= 0.6 is 7.82 Å².